The average Bonchev–Trinajstić information content (AvgIpc) is 1.89. The molecule has 0 spiro atoms. The van der Waals surface area contributed by atoms with Crippen LogP contribution in [0.15, 0.2) is 0 Å². The molecule has 0 saturated carbocycles. The topological polar surface area (TPSA) is 41.5 Å². The van der Waals surface area contributed by atoms with Crippen molar-refractivity contribution in [3.8, 4) is 0 Å². The quantitative estimate of drug-likeness (QED) is 0.299. The summed E-state index contributed by atoms with van der Waals surface area (Å²) in [6, 6.07) is 0.355. The third-order valence-electron chi connectivity index (χ3n) is 1.25. The molecule has 2 N–H and O–H groups in total. The smallest absolute Gasteiger partial charge is 0.0735 e. The lowest BCUT2D eigenvalue weighted by atomic mass is 10.2. The Morgan fingerprint density at radius 1 is 1.70 bits per heavy atom. The molecule has 0 bridgehead atoms. The first-order chi connectivity index (χ1) is 4.81. The van der Waals surface area contributed by atoms with Gasteiger partial charge < -0.3 is 14.6 Å². The third kappa shape index (κ3) is 6.35. The van der Waals surface area contributed by atoms with E-state index in [0.29, 0.717) is 12.6 Å². The molecule has 10 heavy (non-hydrogen) atoms. The Bertz CT molecular complexity index is 72.8. The summed E-state index contributed by atoms with van der Waals surface area (Å²) in [5.41, 5.74) is 0. The molecule has 0 radical (unpaired) electrons. The van der Waals surface area contributed by atoms with Crippen LogP contribution in [0.4, 0.5) is 0 Å². The maximum absolute atomic E-state index is 8.51. The van der Waals surface area contributed by atoms with Gasteiger partial charge in [0.15, 0.2) is 0 Å². The van der Waals surface area contributed by atoms with Crippen molar-refractivity contribution in [2.75, 3.05) is 19.8 Å². The molecule has 0 aromatic carbocycles. The van der Waals surface area contributed by atoms with Crippen LogP contribution in [-0.4, -0.2) is 30.9 Å². The van der Waals surface area contributed by atoms with Crippen LogP contribution in [0.1, 0.15) is 13.3 Å². The molecule has 0 aliphatic carbocycles. The van der Waals surface area contributed by atoms with E-state index in [1.165, 1.54) is 0 Å². The highest BCUT2D eigenvalue weighted by atomic mass is 32.1. The van der Waals surface area contributed by atoms with Crippen molar-refractivity contribution in [1.29, 1.82) is 0 Å². The number of thiol groups is 1. The first-order valence-electron chi connectivity index (χ1n) is 3.42. The molecule has 62 valence electrons. The third-order valence-corrected chi connectivity index (χ3v) is 1.43. The molecule has 1 atom stereocenters. The van der Waals surface area contributed by atoms with Gasteiger partial charge in [-0.3, -0.25) is 0 Å². The van der Waals surface area contributed by atoms with Gasteiger partial charge in [-0.2, -0.15) is 0 Å². The van der Waals surface area contributed by atoms with Crippen LogP contribution >= 0.6 is 12.9 Å². The van der Waals surface area contributed by atoms with E-state index >= 15 is 0 Å². The Hall–Kier alpha value is 0.230. The molecular weight excluding hydrogens is 150 g/mol. The first-order valence-corrected chi connectivity index (χ1v) is 3.78. The fourth-order valence-corrected chi connectivity index (χ4v) is 0.738. The summed E-state index contributed by atoms with van der Waals surface area (Å²) in [5, 5.41) is 11.7. The molecule has 1 unspecified atom stereocenters. The molecule has 0 amide bonds. The van der Waals surface area contributed by atoms with Crippen molar-refractivity contribution >= 4 is 12.9 Å². The highest BCUT2D eigenvalue weighted by Gasteiger charge is 1.97. The van der Waals surface area contributed by atoms with Crippen LogP contribution in [0.3, 0.4) is 0 Å². The predicted molar refractivity (Wildman–Crippen MR) is 44.1 cm³/mol. The van der Waals surface area contributed by atoms with E-state index in [1.54, 1.807) is 0 Å². The van der Waals surface area contributed by atoms with Crippen LogP contribution < -0.4 is 5.32 Å². The Morgan fingerprint density at radius 3 is 2.90 bits per heavy atom. The Morgan fingerprint density at radius 2 is 2.40 bits per heavy atom. The van der Waals surface area contributed by atoms with E-state index in [0.717, 1.165) is 13.0 Å². The van der Waals surface area contributed by atoms with Crippen LogP contribution in [0.5, 0.6) is 0 Å². The summed E-state index contributed by atoms with van der Waals surface area (Å²) < 4.78 is 4.54. The van der Waals surface area contributed by atoms with Crippen LogP contribution in [0.25, 0.3) is 0 Å². The number of nitrogens with one attached hydrogen (secondary N) is 1. The lowest BCUT2D eigenvalue weighted by Gasteiger charge is -2.10. The van der Waals surface area contributed by atoms with E-state index in [1.807, 2.05) is 6.92 Å². The van der Waals surface area contributed by atoms with E-state index < -0.39 is 0 Å². The van der Waals surface area contributed by atoms with E-state index in [2.05, 4.69) is 22.4 Å². The summed E-state index contributed by atoms with van der Waals surface area (Å²) in [5.74, 6) is 0. The maximum atomic E-state index is 8.51. The number of aliphatic hydroxyl groups is 1. The SMILES string of the molecule is CC(CCO)NCCOS. The van der Waals surface area contributed by atoms with Gasteiger partial charge in [0.1, 0.15) is 0 Å². The molecule has 0 rings (SSSR count). The van der Waals surface area contributed by atoms with Gasteiger partial charge in [-0.15, -0.1) is 0 Å². The summed E-state index contributed by atoms with van der Waals surface area (Å²) in [7, 11) is 0. The van der Waals surface area contributed by atoms with Crippen molar-refractivity contribution in [2.24, 2.45) is 0 Å². The predicted octanol–water partition coefficient (Wildman–Crippen LogP) is 0.208. The second-order valence-corrected chi connectivity index (χ2v) is 2.46. The van der Waals surface area contributed by atoms with Crippen molar-refractivity contribution in [2.45, 2.75) is 19.4 Å². The minimum atomic E-state index is 0.232. The Balaban J connectivity index is 2.97. The van der Waals surface area contributed by atoms with E-state index in [9.17, 15) is 0 Å². The molecule has 3 nitrogen and oxygen atoms in total. The Kier molecular flexibility index (Phi) is 7.51. The van der Waals surface area contributed by atoms with Crippen molar-refractivity contribution < 1.29 is 9.29 Å². The van der Waals surface area contributed by atoms with Crippen LogP contribution in [0.2, 0.25) is 0 Å². The lowest BCUT2D eigenvalue weighted by Crippen LogP contribution is -2.29. The zero-order chi connectivity index (χ0) is 7.82. The lowest BCUT2D eigenvalue weighted by molar-refractivity contribution is 0.264. The molecule has 0 aromatic rings. The Labute approximate surface area is 67.4 Å². The van der Waals surface area contributed by atoms with Crippen molar-refractivity contribution in [1.82, 2.24) is 5.32 Å². The summed E-state index contributed by atoms with van der Waals surface area (Å²) in [6.07, 6.45) is 0.784. The van der Waals surface area contributed by atoms with Gasteiger partial charge in [-0.1, -0.05) is 0 Å². The molecule has 0 fully saturated rings. The highest BCUT2D eigenvalue weighted by molar-refractivity contribution is 7.75. The van der Waals surface area contributed by atoms with Gasteiger partial charge in [0.2, 0.25) is 0 Å². The second-order valence-electron chi connectivity index (χ2n) is 2.20. The highest BCUT2D eigenvalue weighted by Crippen LogP contribution is 1.87. The number of hydrogen-bond acceptors (Lipinski definition) is 4. The van der Waals surface area contributed by atoms with E-state index in [4.69, 9.17) is 5.11 Å². The molecule has 0 saturated heterocycles. The summed E-state index contributed by atoms with van der Waals surface area (Å²) >= 11 is 3.59. The summed E-state index contributed by atoms with van der Waals surface area (Å²) in [4.78, 5) is 0. The standard InChI is InChI=1S/C6H15NO2S/c1-6(2-4-8)7-3-5-9-10/h6-8,10H,2-5H2,1H3. The monoisotopic (exact) mass is 165 g/mol. The molecule has 4 heteroatoms. The largest absolute Gasteiger partial charge is 0.396 e. The second kappa shape index (κ2) is 7.34. The zero-order valence-corrected chi connectivity index (χ0v) is 7.10. The van der Waals surface area contributed by atoms with Crippen LogP contribution in [-0.2, 0) is 4.18 Å². The van der Waals surface area contributed by atoms with Gasteiger partial charge in [0.05, 0.1) is 6.61 Å². The fourth-order valence-electron chi connectivity index (χ4n) is 0.647. The summed E-state index contributed by atoms with van der Waals surface area (Å²) in [6.45, 7) is 3.63. The molecule has 0 heterocycles. The maximum Gasteiger partial charge on any atom is 0.0735 e. The van der Waals surface area contributed by atoms with E-state index in [-0.39, 0.29) is 6.61 Å². The van der Waals surface area contributed by atoms with Crippen molar-refractivity contribution in [3.05, 3.63) is 0 Å². The number of rotatable bonds is 6. The average molecular weight is 165 g/mol. The van der Waals surface area contributed by atoms with Gasteiger partial charge in [-0.25, -0.2) is 0 Å². The van der Waals surface area contributed by atoms with Gasteiger partial charge in [0, 0.05) is 19.2 Å². The minimum absolute atomic E-state index is 0.232. The molecular formula is C6H15NO2S. The number of aliphatic hydroxyl groups excluding tert-OH is 1. The zero-order valence-electron chi connectivity index (χ0n) is 6.21. The minimum Gasteiger partial charge on any atom is -0.396 e. The normalized spacial score (nSPS) is 13.5. The van der Waals surface area contributed by atoms with Crippen molar-refractivity contribution in [3.63, 3.8) is 0 Å². The van der Waals surface area contributed by atoms with Gasteiger partial charge in [-0.05, 0) is 26.3 Å². The molecule has 0 aliphatic rings. The number of hydrogen-bond donors (Lipinski definition) is 3. The van der Waals surface area contributed by atoms with Gasteiger partial charge >= 0.3 is 0 Å². The first kappa shape index (κ1) is 10.2. The van der Waals surface area contributed by atoms with Gasteiger partial charge in [0.25, 0.3) is 0 Å². The van der Waals surface area contributed by atoms with Crippen LogP contribution in [0, 0.1) is 0 Å². The fraction of sp³-hybridized carbons (Fsp3) is 1.00. The molecule has 0 aliphatic heterocycles. The molecule has 0 aromatic heterocycles.